The number of aromatic nitrogens is 2. The summed E-state index contributed by atoms with van der Waals surface area (Å²) in [5.41, 5.74) is 6.22. The second-order valence-corrected chi connectivity index (χ2v) is 7.24. The van der Waals surface area contributed by atoms with Crippen LogP contribution in [-0.4, -0.2) is 26.4 Å². The van der Waals surface area contributed by atoms with E-state index in [-0.39, 0.29) is 18.1 Å². The summed E-state index contributed by atoms with van der Waals surface area (Å²) in [6, 6.07) is 13.3. The molecule has 1 fully saturated rings. The summed E-state index contributed by atoms with van der Waals surface area (Å²) in [6.45, 7) is 6.24. The van der Waals surface area contributed by atoms with Crippen LogP contribution in [0.15, 0.2) is 60.6 Å². The van der Waals surface area contributed by atoms with Crippen LogP contribution in [0, 0.1) is 20.8 Å². The summed E-state index contributed by atoms with van der Waals surface area (Å²) in [4.78, 5) is 30.5. The van der Waals surface area contributed by atoms with Gasteiger partial charge in [-0.05, 0) is 56.2 Å². The number of benzene rings is 1. The second-order valence-electron chi connectivity index (χ2n) is 7.24. The van der Waals surface area contributed by atoms with E-state index in [9.17, 15) is 9.59 Å². The van der Waals surface area contributed by atoms with Gasteiger partial charge >= 0.3 is 6.03 Å². The molecule has 0 radical (unpaired) electrons. The van der Waals surface area contributed by atoms with Crippen molar-refractivity contribution in [1.82, 2.24) is 19.8 Å². The minimum atomic E-state index is -0.398. The highest BCUT2D eigenvalue weighted by molar-refractivity contribution is 6.14. The highest BCUT2D eigenvalue weighted by Gasteiger charge is 2.33. The minimum Gasteiger partial charge on any atom is -0.318 e. The standard InChI is InChI=1S/C23H22N4O2/c1-15-5-4-6-18(11-15)14-26-22(28)21(25-23(26)29)13-19-12-16(2)27(17(19)3)20-7-9-24-10-8-20/h4-13H,14H2,1-3H3,(H,25,29). The first-order chi connectivity index (χ1) is 13.9. The predicted octanol–water partition coefficient (Wildman–Crippen LogP) is 3.89. The molecule has 29 heavy (non-hydrogen) atoms. The molecule has 3 heterocycles. The van der Waals surface area contributed by atoms with E-state index in [4.69, 9.17) is 0 Å². The van der Waals surface area contributed by atoms with Crippen LogP contribution in [-0.2, 0) is 11.3 Å². The zero-order chi connectivity index (χ0) is 20.5. The van der Waals surface area contributed by atoms with Gasteiger partial charge in [-0.3, -0.25) is 14.7 Å². The largest absolute Gasteiger partial charge is 0.329 e. The lowest BCUT2D eigenvalue weighted by Gasteiger charge is -2.12. The highest BCUT2D eigenvalue weighted by Crippen LogP contribution is 2.24. The molecular weight excluding hydrogens is 364 g/mol. The molecule has 1 aliphatic rings. The van der Waals surface area contributed by atoms with E-state index < -0.39 is 6.03 Å². The van der Waals surface area contributed by atoms with Crippen LogP contribution >= 0.6 is 0 Å². The Hall–Kier alpha value is -3.67. The van der Waals surface area contributed by atoms with Gasteiger partial charge < -0.3 is 9.88 Å². The number of aryl methyl sites for hydroxylation is 2. The maximum atomic E-state index is 12.8. The average molecular weight is 386 g/mol. The van der Waals surface area contributed by atoms with E-state index in [1.165, 1.54) is 4.90 Å². The average Bonchev–Trinajstić information content (AvgIpc) is 3.12. The Morgan fingerprint density at radius 2 is 1.79 bits per heavy atom. The zero-order valence-corrected chi connectivity index (χ0v) is 16.6. The van der Waals surface area contributed by atoms with Crippen molar-refractivity contribution in [2.75, 3.05) is 0 Å². The number of carbonyl (C=O) groups is 2. The fraction of sp³-hybridized carbons (Fsp3) is 0.174. The molecule has 0 aliphatic carbocycles. The van der Waals surface area contributed by atoms with Gasteiger partial charge in [0.25, 0.3) is 5.91 Å². The van der Waals surface area contributed by atoms with Crippen molar-refractivity contribution in [3.63, 3.8) is 0 Å². The van der Waals surface area contributed by atoms with Gasteiger partial charge in [0.1, 0.15) is 5.70 Å². The topological polar surface area (TPSA) is 67.2 Å². The highest BCUT2D eigenvalue weighted by atomic mass is 16.2. The molecule has 0 saturated carbocycles. The molecular formula is C23H22N4O2. The number of carbonyl (C=O) groups excluding carboxylic acids is 2. The van der Waals surface area contributed by atoms with E-state index in [2.05, 4.69) is 14.9 Å². The molecule has 3 amide bonds. The van der Waals surface area contributed by atoms with Crippen LogP contribution in [0.3, 0.4) is 0 Å². The molecule has 0 bridgehead atoms. The quantitative estimate of drug-likeness (QED) is 0.546. The molecule has 3 aromatic rings. The van der Waals surface area contributed by atoms with Gasteiger partial charge in [-0.2, -0.15) is 0 Å². The molecule has 0 atom stereocenters. The number of urea groups is 1. The Balaban J connectivity index is 1.63. The third-order valence-corrected chi connectivity index (χ3v) is 5.08. The molecule has 146 valence electrons. The summed E-state index contributed by atoms with van der Waals surface area (Å²) in [6.07, 6.45) is 5.24. The van der Waals surface area contributed by atoms with Gasteiger partial charge in [-0.25, -0.2) is 4.79 Å². The fourth-order valence-corrected chi connectivity index (χ4v) is 3.69. The lowest BCUT2D eigenvalue weighted by Crippen LogP contribution is -2.30. The third kappa shape index (κ3) is 3.57. The number of pyridine rings is 1. The van der Waals surface area contributed by atoms with Crippen LogP contribution in [0.1, 0.15) is 28.1 Å². The van der Waals surface area contributed by atoms with E-state index in [1.54, 1.807) is 18.5 Å². The van der Waals surface area contributed by atoms with Crippen molar-refractivity contribution in [3.05, 3.63) is 88.6 Å². The number of hydrogen-bond acceptors (Lipinski definition) is 3. The van der Waals surface area contributed by atoms with E-state index in [0.717, 1.165) is 33.8 Å². The Morgan fingerprint density at radius 3 is 2.52 bits per heavy atom. The van der Waals surface area contributed by atoms with Crippen LogP contribution in [0.5, 0.6) is 0 Å². The molecule has 1 saturated heterocycles. The maximum Gasteiger partial charge on any atom is 0.329 e. The van der Waals surface area contributed by atoms with Crippen molar-refractivity contribution >= 4 is 18.0 Å². The lowest BCUT2D eigenvalue weighted by molar-refractivity contribution is -0.123. The maximum absolute atomic E-state index is 12.8. The Kier molecular flexibility index (Phi) is 4.76. The van der Waals surface area contributed by atoms with Gasteiger partial charge in [-0.15, -0.1) is 0 Å². The number of nitrogens with one attached hydrogen (secondary N) is 1. The zero-order valence-electron chi connectivity index (χ0n) is 16.6. The number of hydrogen-bond donors (Lipinski definition) is 1. The molecule has 1 aliphatic heterocycles. The first-order valence-electron chi connectivity index (χ1n) is 9.43. The summed E-state index contributed by atoms with van der Waals surface area (Å²) in [5.74, 6) is -0.315. The van der Waals surface area contributed by atoms with Crippen LogP contribution in [0.2, 0.25) is 0 Å². The van der Waals surface area contributed by atoms with Crippen LogP contribution < -0.4 is 5.32 Å². The molecule has 2 aromatic heterocycles. The normalized spacial score (nSPS) is 15.3. The van der Waals surface area contributed by atoms with Crippen LogP contribution in [0.25, 0.3) is 11.8 Å². The van der Waals surface area contributed by atoms with E-state index in [0.29, 0.717) is 0 Å². The first kappa shape index (κ1) is 18.7. The Bertz CT molecular complexity index is 1130. The Labute approximate surface area is 169 Å². The number of rotatable bonds is 4. The predicted molar refractivity (Wildman–Crippen MR) is 111 cm³/mol. The van der Waals surface area contributed by atoms with Gasteiger partial charge in [0, 0.05) is 29.5 Å². The molecule has 6 heteroatoms. The molecule has 1 N–H and O–H groups in total. The SMILES string of the molecule is Cc1cccc(CN2C(=O)NC(=Cc3cc(C)n(-c4ccncc4)c3C)C2=O)c1. The van der Waals surface area contributed by atoms with E-state index in [1.807, 2.05) is 63.2 Å². The summed E-state index contributed by atoms with van der Waals surface area (Å²) in [5, 5.41) is 2.71. The van der Waals surface area contributed by atoms with Gasteiger partial charge in [0.05, 0.1) is 6.54 Å². The summed E-state index contributed by atoms with van der Waals surface area (Å²) >= 11 is 0. The number of nitrogens with zero attached hydrogens (tertiary/aromatic N) is 3. The number of amides is 3. The smallest absolute Gasteiger partial charge is 0.318 e. The lowest BCUT2D eigenvalue weighted by atomic mass is 10.1. The van der Waals surface area contributed by atoms with Crippen molar-refractivity contribution in [2.24, 2.45) is 0 Å². The van der Waals surface area contributed by atoms with Crippen molar-refractivity contribution in [2.45, 2.75) is 27.3 Å². The van der Waals surface area contributed by atoms with Crippen LogP contribution in [0.4, 0.5) is 4.79 Å². The van der Waals surface area contributed by atoms with Crippen molar-refractivity contribution in [3.8, 4) is 5.69 Å². The monoisotopic (exact) mass is 386 g/mol. The number of imide groups is 1. The molecule has 0 spiro atoms. The fourth-order valence-electron chi connectivity index (χ4n) is 3.69. The second kappa shape index (κ2) is 7.39. The third-order valence-electron chi connectivity index (χ3n) is 5.08. The minimum absolute atomic E-state index is 0.250. The van der Waals surface area contributed by atoms with Gasteiger partial charge in [-0.1, -0.05) is 29.8 Å². The molecule has 4 rings (SSSR count). The van der Waals surface area contributed by atoms with E-state index >= 15 is 0 Å². The molecule has 1 aromatic carbocycles. The van der Waals surface area contributed by atoms with Crippen molar-refractivity contribution < 1.29 is 9.59 Å². The molecule has 0 unspecified atom stereocenters. The first-order valence-corrected chi connectivity index (χ1v) is 9.43. The Morgan fingerprint density at radius 1 is 1.03 bits per heavy atom. The summed E-state index contributed by atoms with van der Waals surface area (Å²) in [7, 11) is 0. The van der Waals surface area contributed by atoms with Gasteiger partial charge in [0.15, 0.2) is 0 Å². The van der Waals surface area contributed by atoms with Gasteiger partial charge in [0.2, 0.25) is 0 Å². The van der Waals surface area contributed by atoms with Crippen molar-refractivity contribution in [1.29, 1.82) is 0 Å². The molecule has 6 nitrogen and oxygen atoms in total. The summed E-state index contributed by atoms with van der Waals surface area (Å²) < 4.78 is 2.10.